The summed E-state index contributed by atoms with van der Waals surface area (Å²) in [5.41, 5.74) is 3.42. The van der Waals surface area contributed by atoms with E-state index < -0.39 is 6.10 Å². The van der Waals surface area contributed by atoms with Crippen molar-refractivity contribution in [3.63, 3.8) is 0 Å². The Morgan fingerprint density at radius 2 is 1.72 bits per heavy atom. The summed E-state index contributed by atoms with van der Waals surface area (Å²) in [5, 5.41) is 10.4. The summed E-state index contributed by atoms with van der Waals surface area (Å²) in [7, 11) is 0. The molecule has 1 N–H and O–H groups in total. The number of piperazine rings is 1. The monoisotopic (exact) mass is 492 g/mol. The summed E-state index contributed by atoms with van der Waals surface area (Å²) in [5.74, 6) is 1.34. The van der Waals surface area contributed by atoms with E-state index in [2.05, 4.69) is 16.7 Å². The predicted molar refractivity (Wildman–Crippen MR) is 142 cm³/mol. The second kappa shape index (κ2) is 12.9. The molecule has 0 unspecified atom stereocenters. The van der Waals surface area contributed by atoms with E-state index in [-0.39, 0.29) is 5.82 Å². The van der Waals surface area contributed by atoms with E-state index in [9.17, 15) is 9.50 Å². The third-order valence-electron chi connectivity index (χ3n) is 6.64. The Morgan fingerprint density at radius 3 is 2.44 bits per heavy atom. The quantitative estimate of drug-likeness (QED) is 0.398. The molecule has 1 fully saturated rings. The molecule has 2 aromatic carbocycles. The number of aromatic nitrogens is 2. The molecule has 1 aromatic heterocycles. The molecule has 4 rings (SSSR count). The Kier molecular flexibility index (Phi) is 9.39. The number of unbranched alkanes of at least 4 members (excludes halogenated alkanes) is 1. The fraction of sp³-hybridized carbons (Fsp3) is 0.448. The minimum atomic E-state index is -0.490. The van der Waals surface area contributed by atoms with Gasteiger partial charge in [-0.3, -0.25) is 4.90 Å². The number of halogens is 1. The minimum absolute atomic E-state index is 0.213. The molecular weight excluding hydrogens is 455 g/mol. The standard InChI is InChI=1S/C29H37FN4O2/c1-3-4-18-36-21-25(35)20-33-14-16-34(17-15-33)29-26(19-24-12-8-9-13-27(24)30)22(2)31-28(32-29)23-10-6-5-7-11-23/h5-13,25,35H,3-4,14-21H2,1-2H3/t25-/m1/s1. The fourth-order valence-electron chi connectivity index (χ4n) is 4.56. The molecule has 7 heteroatoms. The summed E-state index contributed by atoms with van der Waals surface area (Å²) in [6, 6.07) is 16.9. The Balaban J connectivity index is 1.51. The maximum Gasteiger partial charge on any atom is 0.161 e. The van der Waals surface area contributed by atoms with Gasteiger partial charge in [0.25, 0.3) is 0 Å². The molecule has 1 atom stereocenters. The molecule has 0 bridgehead atoms. The average Bonchev–Trinajstić information content (AvgIpc) is 2.90. The number of aliphatic hydroxyl groups is 1. The molecule has 1 saturated heterocycles. The lowest BCUT2D eigenvalue weighted by Gasteiger charge is -2.37. The largest absolute Gasteiger partial charge is 0.389 e. The second-order valence-corrected chi connectivity index (χ2v) is 9.44. The number of anilines is 1. The number of rotatable bonds is 11. The van der Waals surface area contributed by atoms with Crippen LogP contribution in [-0.4, -0.2) is 72.0 Å². The van der Waals surface area contributed by atoms with E-state index >= 15 is 0 Å². The normalized spacial score (nSPS) is 15.3. The van der Waals surface area contributed by atoms with Crippen molar-refractivity contribution in [3.8, 4) is 11.4 Å². The lowest BCUT2D eigenvalue weighted by Crippen LogP contribution is -2.49. The third kappa shape index (κ3) is 6.87. The Morgan fingerprint density at radius 1 is 1.00 bits per heavy atom. The van der Waals surface area contributed by atoms with Crippen molar-refractivity contribution in [3.05, 3.63) is 77.2 Å². The van der Waals surface area contributed by atoms with Crippen LogP contribution in [0.5, 0.6) is 0 Å². The maximum atomic E-state index is 14.5. The molecule has 1 aliphatic rings. The number of ether oxygens (including phenoxy) is 1. The van der Waals surface area contributed by atoms with E-state index in [0.29, 0.717) is 37.6 Å². The molecule has 0 radical (unpaired) electrons. The summed E-state index contributed by atoms with van der Waals surface area (Å²) < 4.78 is 20.1. The lowest BCUT2D eigenvalue weighted by atomic mass is 10.0. The summed E-state index contributed by atoms with van der Waals surface area (Å²) in [4.78, 5) is 14.4. The van der Waals surface area contributed by atoms with Gasteiger partial charge in [0.05, 0.1) is 12.7 Å². The zero-order chi connectivity index (χ0) is 25.3. The number of hydrogen-bond donors (Lipinski definition) is 1. The molecular formula is C29H37FN4O2. The van der Waals surface area contributed by atoms with Crippen LogP contribution in [0.4, 0.5) is 10.2 Å². The second-order valence-electron chi connectivity index (χ2n) is 9.44. The Hall–Kier alpha value is -2.87. The van der Waals surface area contributed by atoms with Gasteiger partial charge in [-0.15, -0.1) is 0 Å². The van der Waals surface area contributed by atoms with Gasteiger partial charge in [0.2, 0.25) is 0 Å². The highest BCUT2D eigenvalue weighted by molar-refractivity contribution is 5.61. The third-order valence-corrected chi connectivity index (χ3v) is 6.64. The highest BCUT2D eigenvalue weighted by Crippen LogP contribution is 2.29. The van der Waals surface area contributed by atoms with Gasteiger partial charge >= 0.3 is 0 Å². The number of hydrogen-bond acceptors (Lipinski definition) is 6. The van der Waals surface area contributed by atoms with Crippen LogP contribution in [0.25, 0.3) is 11.4 Å². The Labute approximate surface area is 213 Å². The number of nitrogens with zero attached hydrogens (tertiary/aromatic N) is 4. The van der Waals surface area contributed by atoms with E-state index in [0.717, 1.165) is 61.7 Å². The molecule has 6 nitrogen and oxygen atoms in total. The van der Waals surface area contributed by atoms with Crippen molar-refractivity contribution in [1.29, 1.82) is 0 Å². The van der Waals surface area contributed by atoms with Crippen molar-refractivity contribution in [1.82, 2.24) is 14.9 Å². The fourth-order valence-corrected chi connectivity index (χ4v) is 4.56. The number of aryl methyl sites for hydroxylation is 1. The van der Waals surface area contributed by atoms with E-state index in [1.165, 1.54) is 6.07 Å². The highest BCUT2D eigenvalue weighted by atomic mass is 19.1. The maximum absolute atomic E-state index is 14.5. The SMILES string of the molecule is CCCCOC[C@H](O)CN1CCN(c2nc(-c3ccccc3)nc(C)c2Cc2ccccc2F)CC1. The summed E-state index contributed by atoms with van der Waals surface area (Å²) >= 11 is 0. The van der Waals surface area contributed by atoms with Crippen molar-refractivity contribution in [2.45, 2.75) is 39.2 Å². The van der Waals surface area contributed by atoms with Crippen LogP contribution in [0.15, 0.2) is 54.6 Å². The van der Waals surface area contributed by atoms with Crippen molar-refractivity contribution >= 4 is 5.82 Å². The number of benzene rings is 2. The first kappa shape index (κ1) is 26.2. The van der Waals surface area contributed by atoms with E-state index in [1.54, 1.807) is 6.07 Å². The highest BCUT2D eigenvalue weighted by Gasteiger charge is 2.24. The molecule has 2 heterocycles. The average molecular weight is 493 g/mol. The van der Waals surface area contributed by atoms with Gasteiger partial charge in [-0.25, -0.2) is 14.4 Å². The molecule has 0 saturated carbocycles. The van der Waals surface area contributed by atoms with Gasteiger partial charge in [-0.2, -0.15) is 0 Å². The zero-order valence-electron chi connectivity index (χ0n) is 21.4. The molecule has 3 aromatic rings. The van der Waals surface area contributed by atoms with Gasteiger partial charge < -0.3 is 14.7 Å². The first-order chi connectivity index (χ1) is 17.5. The van der Waals surface area contributed by atoms with Crippen LogP contribution in [-0.2, 0) is 11.2 Å². The first-order valence-electron chi connectivity index (χ1n) is 12.9. The van der Waals surface area contributed by atoms with Crippen LogP contribution in [0, 0.1) is 12.7 Å². The topological polar surface area (TPSA) is 61.7 Å². The van der Waals surface area contributed by atoms with Crippen LogP contribution in [0.3, 0.4) is 0 Å². The minimum Gasteiger partial charge on any atom is -0.389 e. The molecule has 0 amide bonds. The van der Waals surface area contributed by atoms with Crippen LogP contribution in [0.1, 0.15) is 36.6 Å². The zero-order valence-corrected chi connectivity index (χ0v) is 21.4. The van der Waals surface area contributed by atoms with Gasteiger partial charge in [0.1, 0.15) is 11.6 Å². The van der Waals surface area contributed by atoms with E-state index in [1.807, 2.05) is 49.4 Å². The van der Waals surface area contributed by atoms with Crippen molar-refractivity contribution in [2.24, 2.45) is 0 Å². The Bertz CT molecular complexity index is 1100. The molecule has 36 heavy (non-hydrogen) atoms. The van der Waals surface area contributed by atoms with Crippen LogP contribution >= 0.6 is 0 Å². The summed E-state index contributed by atoms with van der Waals surface area (Å²) in [6.07, 6.45) is 2.06. The number of β-amino-alcohol motifs (C(OH)–C–C–N with tert-alkyl or cyclic N) is 1. The van der Waals surface area contributed by atoms with Crippen LogP contribution < -0.4 is 4.90 Å². The van der Waals surface area contributed by atoms with Crippen molar-refractivity contribution in [2.75, 3.05) is 50.8 Å². The smallest absolute Gasteiger partial charge is 0.161 e. The molecule has 1 aliphatic heterocycles. The molecule has 192 valence electrons. The van der Waals surface area contributed by atoms with Gasteiger partial charge in [0.15, 0.2) is 5.82 Å². The first-order valence-corrected chi connectivity index (χ1v) is 12.9. The predicted octanol–water partition coefficient (Wildman–Crippen LogP) is 4.48. The van der Waals surface area contributed by atoms with Crippen molar-refractivity contribution < 1.29 is 14.2 Å². The van der Waals surface area contributed by atoms with Gasteiger partial charge in [-0.1, -0.05) is 61.9 Å². The molecule has 0 aliphatic carbocycles. The van der Waals surface area contributed by atoms with Gasteiger partial charge in [0, 0.05) is 62.6 Å². The van der Waals surface area contributed by atoms with E-state index in [4.69, 9.17) is 14.7 Å². The lowest BCUT2D eigenvalue weighted by molar-refractivity contribution is 0.0150. The molecule has 0 spiro atoms. The number of aliphatic hydroxyl groups excluding tert-OH is 1. The van der Waals surface area contributed by atoms with Gasteiger partial charge in [-0.05, 0) is 25.0 Å². The van der Waals surface area contributed by atoms with Crippen LogP contribution in [0.2, 0.25) is 0 Å². The summed E-state index contributed by atoms with van der Waals surface area (Å²) in [6.45, 7) is 8.96.